The molecule has 1 unspecified atom stereocenters. The fraction of sp³-hybridized carbons (Fsp3) is 0.600. The van der Waals surface area contributed by atoms with Crippen molar-refractivity contribution in [3.05, 3.63) is 29.3 Å². The van der Waals surface area contributed by atoms with E-state index in [2.05, 4.69) is 24.4 Å². The van der Waals surface area contributed by atoms with Crippen LogP contribution in [0, 0.1) is 5.41 Å². The second-order valence-electron chi connectivity index (χ2n) is 5.78. The van der Waals surface area contributed by atoms with Crippen LogP contribution in [0.2, 0.25) is 0 Å². The zero-order valence-electron chi connectivity index (χ0n) is 10.6. The largest absolute Gasteiger partial charge is 0.399 e. The standard InChI is InChI=1S/C15H22N2/c1-2-15(7-8-15)10-17-14-6-3-11-9-12(16)4-5-13(11)14/h4-5,9,14,17H,2-3,6-8,10,16H2,1H3. The van der Waals surface area contributed by atoms with Gasteiger partial charge in [0.25, 0.3) is 0 Å². The van der Waals surface area contributed by atoms with E-state index >= 15 is 0 Å². The molecule has 3 rings (SSSR count). The molecule has 1 fully saturated rings. The smallest absolute Gasteiger partial charge is 0.0326 e. The van der Waals surface area contributed by atoms with Crippen LogP contribution in [0.3, 0.4) is 0 Å². The summed E-state index contributed by atoms with van der Waals surface area (Å²) < 4.78 is 0. The number of nitrogens with one attached hydrogen (secondary N) is 1. The minimum absolute atomic E-state index is 0.564. The molecule has 17 heavy (non-hydrogen) atoms. The molecule has 1 aromatic rings. The Morgan fingerprint density at radius 2 is 2.24 bits per heavy atom. The first kappa shape index (κ1) is 11.1. The molecule has 92 valence electrons. The number of anilines is 1. The van der Waals surface area contributed by atoms with Gasteiger partial charge < -0.3 is 11.1 Å². The van der Waals surface area contributed by atoms with Gasteiger partial charge in [-0.1, -0.05) is 13.0 Å². The molecule has 2 heteroatoms. The Hall–Kier alpha value is -1.02. The summed E-state index contributed by atoms with van der Waals surface area (Å²) in [7, 11) is 0. The highest BCUT2D eigenvalue weighted by molar-refractivity contribution is 5.47. The van der Waals surface area contributed by atoms with Crippen LogP contribution in [0.5, 0.6) is 0 Å². The van der Waals surface area contributed by atoms with Crippen molar-refractivity contribution in [3.63, 3.8) is 0 Å². The van der Waals surface area contributed by atoms with Crippen LogP contribution in [-0.2, 0) is 6.42 Å². The molecule has 0 saturated heterocycles. The molecular formula is C15H22N2. The van der Waals surface area contributed by atoms with E-state index in [1.807, 2.05) is 6.07 Å². The van der Waals surface area contributed by atoms with Gasteiger partial charge in [-0.15, -0.1) is 0 Å². The normalized spacial score (nSPS) is 24.6. The quantitative estimate of drug-likeness (QED) is 0.780. The second-order valence-corrected chi connectivity index (χ2v) is 5.78. The Balaban J connectivity index is 1.67. The van der Waals surface area contributed by atoms with Crippen LogP contribution in [0.1, 0.15) is 49.8 Å². The van der Waals surface area contributed by atoms with E-state index in [9.17, 15) is 0 Å². The van der Waals surface area contributed by atoms with E-state index in [1.54, 1.807) is 0 Å². The number of nitrogens with two attached hydrogens (primary N) is 1. The van der Waals surface area contributed by atoms with Crippen molar-refractivity contribution in [1.29, 1.82) is 0 Å². The van der Waals surface area contributed by atoms with Crippen LogP contribution in [0.15, 0.2) is 18.2 Å². The average molecular weight is 230 g/mol. The lowest BCUT2D eigenvalue weighted by Crippen LogP contribution is -2.26. The number of hydrogen-bond acceptors (Lipinski definition) is 2. The van der Waals surface area contributed by atoms with E-state index in [4.69, 9.17) is 5.73 Å². The van der Waals surface area contributed by atoms with Crippen LogP contribution in [-0.4, -0.2) is 6.54 Å². The first-order valence-electron chi connectivity index (χ1n) is 6.84. The summed E-state index contributed by atoms with van der Waals surface area (Å²) in [6, 6.07) is 6.95. The summed E-state index contributed by atoms with van der Waals surface area (Å²) >= 11 is 0. The molecule has 2 aliphatic carbocycles. The number of hydrogen-bond donors (Lipinski definition) is 2. The summed E-state index contributed by atoms with van der Waals surface area (Å²) in [5.41, 5.74) is 10.3. The summed E-state index contributed by atoms with van der Waals surface area (Å²) in [6.45, 7) is 3.51. The maximum atomic E-state index is 5.83. The molecular weight excluding hydrogens is 208 g/mol. The minimum Gasteiger partial charge on any atom is -0.399 e. The number of aryl methyl sites for hydroxylation is 1. The molecule has 0 spiro atoms. The van der Waals surface area contributed by atoms with E-state index in [1.165, 1.54) is 49.8 Å². The lowest BCUT2D eigenvalue weighted by atomic mass is 10.0. The summed E-state index contributed by atoms with van der Waals surface area (Å²) in [5, 5.41) is 3.77. The van der Waals surface area contributed by atoms with Crippen molar-refractivity contribution in [2.75, 3.05) is 12.3 Å². The highest BCUT2D eigenvalue weighted by atomic mass is 14.9. The van der Waals surface area contributed by atoms with E-state index in [0.29, 0.717) is 11.5 Å². The van der Waals surface area contributed by atoms with Crippen molar-refractivity contribution in [1.82, 2.24) is 5.32 Å². The highest BCUT2D eigenvalue weighted by Gasteiger charge is 2.40. The van der Waals surface area contributed by atoms with Crippen molar-refractivity contribution >= 4 is 5.69 Å². The van der Waals surface area contributed by atoms with Gasteiger partial charge in [0.05, 0.1) is 0 Å². The highest BCUT2D eigenvalue weighted by Crippen LogP contribution is 2.48. The zero-order chi connectivity index (χ0) is 11.9. The van der Waals surface area contributed by atoms with Crippen LogP contribution in [0.4, 0.5) is 5.69 Å². The topological polar surface area (TPSA) is 38.0 Å². The molecule has 1 atom stereocenters. The molecule has 3 N–H and O–H groups in total. The Morgan fingerprint density at radius 3 is 2.94 bits per heavy atom. The van der Waals surface area contributed by atoms with Gasteiger partial charge in [0.2, 0.25) is 0 Å². The van der Waals surface area contributed by atoms with Gasteiger partial charge in [-0.25, -0.2) is 0 Å². The summed E-state index contributed by atoms with van der Waals surface area (Å²) in [6.07, 6.45) is 6.56. The minimum atomic E-state index is 0.564. The maximum Gasteiger partial charge on any atom is 0.0326 e. The molecule has 0 aromatic heterocycles. The van der Waals surface area contributed by atoms with Gasteiger partial charge in [-0.3, -0.25) is 0 Å². The van der Waals surface area contributed by atoms with Crippen LogP contribution < -0.4 is 11.1 Å². The number of fused-ring (bicyclic) bond motifs is 1. The first-order valence-corrected chi connectivity index (χ1v) is 6.84. The van der Waals surface area contributed by atoms with Gasteiger partial charge in [0.1, 0.15) is 0 Å². The van der Waals surface area contributed by atoms with E-state index in [-0.39, 0.29) is 0 Å². The Morgan fingerprint density at radius 1 is 1.41 bits per heavy atom. The molecule has 0 radical (unpaired) electrons. The Kier molecular flexibility index (Phi) is 2.62. The summed E-state index contributed by atoms with van der Waals surface area (Å²) in [4.78, 5) is 0. The number of nitrogen functional groups attached to an aromatic ring is 1. The molecule has 0 amide bonds. The second kappa shape index (κ2) is 4.02. The summed E-state index contributed by atoms with van der Waals surface area (Å²) in [5.74, 6) is 0. The predicted molar refractivity (Wildman–Crippen MR) is 71.9 cm³/mol. The number of benzene rings is 1. The Bertz CT molecular complexity index is 421. The molecule has 2 aliphatic rings. The van der Waals surface area contributed by atoms with Gasteiger partial charge in [-0.05, 0) is 60.8 Å². The zero-order valence-corrected chi connectivity index (χ0v) is 10.6. The molecule has 0 bridgehead atoms. The van der Waals surface area contributed by atoms with Crippen LogP contribution in [0.25, 0.3) is 0 Å². The molecule has 0 heterocycles. The third-order valence-corrected chi connectivity index (χ3v) is 4.68. The molecule has 0 aliphatic heterocycles. The van der Waals surface area contributed by atoms with Crippen molar-refractivity contribution in [2.24, 2.45) is 5.41 Å². The third kappa shape index (κ3) is 2.06. The average Bonchev–Trinajstić information content (AvgIpc) is 3.02. The maximum absolute atomic E-state index is 5.83. The molecule has 1 saturated carbocycles. The van der Waals surface area contributed by atoms with Crippen molar-refractivity contribution < 1.29 is 0 Å². The predicted octanol–water partition coefficient (Wildman–Crippen LogP) is 3.04. The molecule has 2 nitrogen and oxygen atoms in total. The number of rotatable bonds is 4. The fourth-order valence-corrected chi connectivity index (χ4v) is 3.02. The van der Waals surface area contributed by atoms with Gasteiger partial charge >= 0.3 is 0 Å². The first-order chi connectivity index (χ1) is 8.22. The molecule has 1 aromatic carbocycles. The van der Waals surface area contributed by atoms with E-state index < -0.39 is 0 Å². The van der Waals surface area contributed by atoms with Gasteiger partial charge in [-0.2, -0.15) is 0 Å². The third-order valence-electron chi connectivity index (χ3n) is 4.68. The van der Waals surface area contributed by atoms with Gasteiger partial charge in [0.15, 0.2) is 0 Å². The van der Waals surface area contributed by atoms with E-state index in [0.717, 1.165) is 5.69 Å². The Labute approximate surface area is 104 Å². The lowest BCUT2D eigenvalue weighted by molar-refractivity contribution is 0.403. The lowest BCUT2D eigenvalue weighted by Gasteiger charge is -2.19. The fourth-order valence-electron chi connectivity index (χ4n) is 3.02. The van der Waals surface area contributed by atoms with Crippen LogP contribution >= 0.6 is 0 Å². The van der Waals surface area contributed by atoms with Crippen molar-refractivity contribution in [2.45, 2.75) is 45.1 Å². The van der Waals surface area contributed by atoms with Crippen molar-refractivity contribution in [3.8, 4) is 0 Å². The SMILES string of the molecule is CCC1(CNC2CCc3cc(N)ccc32)CC1. The monoisotopic (exact) mass is 230 g/mol. The van der Waals surface area contributed by atoms with Gasteiger partial charge in [0, 0.05) is 18.3 Å².